The smallest absolute Gasteiger partial charge is 0.332 e. The minimum absolute atomic E-state index is 0.0117. The van der Waals surface area contributed by atoms with Crippen molar-refractivity contribution in [1.82, 2.24) is 9.97 Å². The molecule has 1 unspecified atom stereocenters. The molecule has 1 atom stereocenters. The van der Waals surface area contributed by atoms with E-state index in [1.54, 1.807) is 21.1 Å². The Kier molecular flexibility index (Phi) is 5.43. The van der Waals surface area contributed by atoms with Gasteiger partial charge >= 0.3 is 5.69 Å². The van der Waals surface area contributed by atoms with Crippen molar-refractivity contribution in [2.45, 2.75) is 26.3 Å². The molecule has 1 aromatic heterocycles. The number of hydrogen-bond acceptors (Lipinski definition) is 7. The maximum Gasteiger partial charge on any atom is 0.332 e. The third-order valence-electron chi connectivity index (χ3n) is 2.60. The summed E-state index contributed by atoms with van der Waals surface area (Å²) in [7, 11) is 3.28. The van der Waals surface area contributed by atoms with Crippen LogP contribution in [0.4, 0.5) is 17.5 Å². The van der Waals surface area contributed by atoms with Crippen molar-refractivity contribution in [1.29, 1.82) is 0 Å². The highest BCUT2D eigenvalue weighted by molar-refractivity contribution is 5.61. The molecular formula is C11H19N5O3. The predicted octanol–water partition coefficient (Wildman–Crippen LogP) is 1.57. The van der Waals surface area contributed by atoms with E-state index in [1.165, 1.54) is 0 Å². The summed E-state index contributed by atoms with van der Waals surface area (Å²) >= 11 is 0. The summed E-state index contributed by atoms with van der Waals surface area (Å²) in [5, 5.41) is 16.9. The quantitative estimate of drug-likeness (QED) is 0.572. The molecule has 0 amide bonds. The zero-order valence-electron chi connectivity index (χ0n) is 11.6. The topological polar surface area (TPSA) is 102 Å². The Labute approximate surface area is 111 Å². The summed E-state index contributed by atoms with van der Waals surface area (Å²) in [6.07, 6.45) is 0.728. The molecule has 0 spiro atoms. The zero-order chi connectivity index (χ0) is 14.4. The second-order valence-electron chi connectivity index (χ2n) is 4.16. The van der Waals surface area contributed by atoms with Crippen molar-refractivity contribution in [3.63, 3.8) is 0 Å². The van der Waals surface area contributed by atoms with E-state index in [4.69, 9.17) is 4.74 Å². The Morgan fingerprint density at radius 1 is 1.47 bits per heavy atom. The van der Waals surface area contributed by atoms with Gasteiger partial charge in [-0.15, -0.1) is 0 Å². The molecule has 0 aliphatic carbocycles. The molecule has 1 rings (SSSR count). The van der Waals surface area contributed by atoms with Gasteiger partial charge in [-0.3, -0.25) is 10.1 Å². The molecule has 1 aromatic rings. The molecule has 2 N–H and O–H groups in total. The zero-order valence-corrected chi connectivity index (χ0v) is 11.6. The number of nitrogens with zero attached hydrogens (tertiary/aromatic N) is 3. The average molecular weight is 269 g/mol. The van der Waals surface area contributed by atoms with Crippen LogP contribution in [0.1, 0.15) is 19.0 Å². The highest BCUT2D eigenvalue weighted by Gasteiger charge is 2.22. The van der Waals surface area contributed by atoms with E-state index in [0.29, 0.717) is 18.2 Å². The Morgan fingerprint density at radius 3 is 2.68 bits per heavy atom. The largest absolute Gasteiger partial charge is 0.385 e. The van der Waals surface area contributed by atoms with Crippen LogP contribution in [0.15, 0.2) is 0 Å². The van der Waals surface area contributed by atoms with Gasteiger partial charge in [0.25, 0.3) is 0 Å². The molecule has 19 heavy (non-hydrogen) atoms. The summed E-state index contributed by atoms with van der Waals surface area (Å²) in [6, 6.07) is 0.0117. The molecule has 0 bridgehead atoms. The van der Waals surface area contributed by atoms with Gasteiger partial charge in [0.1, 0.15) is 5.69 Å². The molecule has 0 saturated heterocycles. The van der Waals surface area contributed by atoms with Gasteiger partial charge in [0, 0.05) is 26.8 Å². The van der Waals surface area contributed by atoms with Gasteiger partial charge < -0.3 is 15.4 Å². The molecular weight excluding hydrogens is 250 g/mol. The van der Waals surface area contributed by atoms with E-state index in [-0.39, 0.29) is 17.5 Å². The van der Waals surface area contributed by atoms with E-state index >= 15 is 0 Å². The number of hydrogen-bond donors (Lipinski definition) is 2. The van der Waals surface area contributed by atoms with Crippen molar-refractivity contribution in [2.75, 3.05) is 31.4 Å². The first-order chi connectivity index (χ1) is 8.99. The average Bonchev–Trinajstić information content (AvgIpc) is 2.35. The van der Waals surface area contributed by atoms with Crippen LogP contribution >= 0.6 is 0 Å². The number of nitrogens with one attached hydrogen (secondary N) is 2. The van der Waals surface area contributed by atoms with Crippen LogP contribution in [0.3, 0.4) is 0 Å². The number of aromatic nitrogens is 2. The van der Waals surface area contributed by atoms with Gasteiger partial charge in [-0.2, -0.15) is 4.98 Å². The van der Waals surface area contributed by atoms with Gasteiger partial charge in [-0.05, 0) is 20.3 Å². The van der Waals surface area contributed by atoms with Crippen LogP contribution in [-0.2, 0) is 4.74 Å². The van der Waals surface area contributed by atoms with E-state index in [0.717, 1.165) is 6.42 Å². The lowest BCUT2D eigenvalue weighted by molar-refractivity contribution is -0.385. The number of anilines is 2. The maximum absolute atomic E-state index is 11.1. The molecule has 0 aromatic carbocycles. The predicted molar refractivity (Wildman–Crippen MR) is 72.5 cm³/mol. The van der Waals surface area contributed by atoms with Gasteiger partial charge in [0.15, 0.2) is 0 Å². The summed E-state index contributed by atoms with van der Waals surface area (Å²) in [5.74, 6) is 0.579. The molecule has 0 aliphatic rings. The SMILES string of the molecule is CNc1nc(C)c([N+](=O)[O-])c(NC(C)CCOC)n1. The lowest BCUT2D eigenvalue weighted by Crippen LogP contribution is -2.20. The van der Waals surface area contributed by atoms with Crippen molar-refractivity contribution in [3.8, 4) is 0 Å². The van der Waals surface area contributed by atoms with Crippen LogP contribution in [0.5, 0.6) is 0 Å². The molecule has 0 aliphatic heterocycles. The van der Waals surface area contributed by atoms with Crippen LogP contribution in [0, 0.1) is 17.0 Å². The van der Waals surface area contributed by atoms with Crippen LogP contribution in [0.2, 0.25) is 0 Å². The molecule has 8 heteroatoms. The number of rotatable bonds is 7. The Bertz CT molecular complexity index is 452. The second-order valence-corrected chi connectivity index (χ2v) is 4.16. The lowest BCUT2D eigenvalue weighted by atomic mass is 10.2. The first kappa shape index (κ1) is 15.1. The fraction of sp³-hybridized carbons (Fsp3) is 0.636. The highest BCUT2D eigenvalue weighted by Crippen LogP contribution is 2.27. The van der Waals surface area contributed by atoms with E-state index in [2.05, 4.69) is 20.6 Å². The van der Waals surface area contributed by atoms with Crippen molar-refractivity contribution < 1.29 is 9.66 Å². The monoisotopic (exact) mass is 269 g/mol. The van der Waals surface area contributed by atoms with Crippen LogP contribution in [0.25, 0.3) is 0 Å². The van der Waals surface area contributed by atoms with E-state index in [1.807, 2.05) is 6.92 Å². The minimum Gasteiger partial charge on any atom is -0.385 e. The Balaban J connectivity index is 3.02. The van der Waals surface area contributed by atoms with E-state index < -0.39 is 4.92 Å². The minimum atomic E-state index is -0.472. The standard InChI is InChI=1S/C11H19N5O3/c1-7(5-6-19-4)13-10-9(16(17)18)8(2)14-11(12-3)15-10/h7H,5-6H2,1-4H3,(H2,12,13,14,15). The molecule has 8 nitrogen and oxygen atoms in total. The molecule has 0 fully saturated rings. The fourth-order valence-corrected chi connectivity index (χ4v) is 1.60. The summed E-state index contributed by atoms with van der Waals surface area (Å²) in [5.41, 5.74) is 0.231. The molecule has 0 saturated carbocycles. The lowest BCUT2D eigenvalue weighted by Gasteiger charge is -2.15. The molecule has 0 radical (unpaired) electrons. The number of ether oxygens (including phenoxy) is 1. The Morgan fingerprint density at radius 2 is 2.16 bits per heavy atom. The fourth-order valence-electron chi connectivity index (χ4n) is 1.60. The van der Waals surface area contributed by atoms with Gasteiger partial charge in [-0.25, -0.2) is 4.98 Å². The third kappa shape index (κ3) is 4.02. The Hall–Kier alpha value is -1.96. The second kappa shape index (κ2) is 6.83. The molecule has 1 heterocycles. The third-order valence-corrected chi connectivity index (χ3v) is 2.60. The van der Waals surface area contributed by atoms with Crippen LogP contribution < -0.4 is 10.6 Å². The highest BCUT2D eigenvalue weighted by atomic mass is 16.6. The number of nitro groups is 1. The van der Waals surface area contributed by atoms with E-state index in [9.17, 15) is 10.1 Å². The van der Waals surface area contributed by atoms with Crippen LogP contribution in [-0.4, -0.2) is 41.7 Å². The number of methoxy groups -OCH3 is 1. The first-order valence-electron chi connectivity index (χ1n) is 5.95. The van der Waals surface area contributed by atoms with Crippen molar-refractivity contribution in [2.24, 2.45) is 0 Å². The van der Waals surface area contributed by atoms with Crippen molar-refractivity contribution in [3.05, 3.63) is 15.8 Å². The summed E-state index contributed by atoms with van der Waals surface area (Å²) in [6.45, 7) is 4.08. The maximum atomic E-state index is 11.1. The van der Waals surface area contributed by atoms with Gasteiger partial charge in [-0.1, -0.05) is 0 Å². The first-order valence-corrected chi connectivity index (χ1v) is 5.95. The normalized spacial score (nSPS) is 12.0. The summed E-state index contributed by atoms with van der Waals surface area (Å²) < 4.78 is 4.98. The molecule has 106 valence electrons. The van der Waals surface area contributed by atoms with Gasteiger partial charge in [0.05, 0.1) is 4.92 Å². The number of aryl methyl sites for hydroxylation is 1. The summed E-state index contributed by atoms with van der Waals surface area (Å²) in [4.78, 5) is 18.7. The van der Waals surface area contributed by atoms with Crippen molar-refractivity contribution >= 4 is 17.5 Å². The van der Waals surface area contributed by atoms with Gasteiger partial charge in [0.2, 0.25) is 11.8 Å².